The molecule has 7 heteroatoms. The molecule has 20 heavy (non-hydrogen) atoms. The van der Waals surface area contributed by atoms with Crippen LogP contribution in [0.15, 0.2) is 18.2 Å². The summed E-state index contributed by atoms with van der Waals surface area (Å²) in [6.07, 6.45) is -3.56. The van der Waals surface area contributed by atoms with Gasteiger partial charge in [0.05, 0.1) is 5.56 Å². The van der Waals surface area contributed by atoms with Crippen LogP contribution in [0, 0.1) is 0 Å². The zero-order valence-electron chi connectivity index (χ0n) is 11.0. The Morgan fingerprint density at radius 3 is 2.65 bits per heavy atom. The van der Waals surface area contributed by atoms with Gasteiger partial charge in [0, 0.05) is 23.8 Å². The van der Waals surface area contributed by atoms with Crippen molar-refractivity contribution >= 4 is 22.9 Å². The summed E-state index contributed by atoms with van der Waals surface area (Å²) < 4.78 is 39.0. The largest absolute Gasteiger partial charge is 0.417 e. The Morgan fingerprint density at radius 1 is 1.45 bits per heavy atom. The molecule has 0 spiro atoms. The lowest BCUT2D eigenvalue weighted by Crippen LogP contribution is -2.24. The molecule has 1 atom stereocenters. The van der Waals surface area contributed by atoms with Crippen LogP contribution < -0.4 is 11.1 Å². The summed E-state index contributed by atoms with van der Waals surface area (Å²) in [5.41, 5.74) is 4.86. The summed E-state index contributed by atoms with van der Waals surface area (Å²) in [5.74, 6) is 0. The van der Waals surface area contributed by atoms with Gasteiger partial charge < -0.3 is 16.0 Å². The van der Waals surface area contributed by atoms with Gasteiger partial charge in [0.25, 0.3) is 0 Å². The molecule has 2 rings (SSSR count). The highest BCUT2D eigenvalue weighted by molar-refractivity contribution is 7.80. The third-order valence-corrected chi connectivity index (χ3v) is 3.57. The number of rotatable bonds is 3. The minimum absolute atomic E-state index is 0.137. The summed E-state index contributed by atoms with van der Waals surface area (Å²) in [4.78, 5) is 1.88. The number of likely N-dealkylation sites (N-methyl/N-ethyl adjacent to an activating group) is 1. The number of likely N-dealkylation sites (tertiary alicyclic amines) is 1. The SMILES string of the molecule is CN1CCC(Nc2ccc(C(N)=S)c(C(F)(F)F)c2)C1. The number of thiocarbonyl (C=S) groups is 1. The molecule has 1 aromatic carbocycles. The van der Waals surface area contributed by atoms with Crippen LogP contribution in [0.1, 0.15) is 17.5 Å². The number of anilines is 1. The van der Waals surface area contributed by atoms with E-state index in [4.69, 9.17) is 5.73 Å². The Balaban J connectivity index is 2.25. The van der Waals surface area contributed by atoms with Gasteiger partial charge in [-0.2, -0.15) is 13.2 Å². The van der Waals surface area contributed by atoms with E-state index in [1.807, 2.05) is 7.05 Å². The second-order valence-corrected chi connectivity index (χ2v) is 5.45. The smallest absolute Gasteiger partial charge is 0.389 e. The van der Waals surface area contributed by atoms with Crippen molar-refractivity contribution in [2.75, 3.05) is 25.5 Å². The van der Waals surface area contributed by atoms with Gasteiger partial charge in [0.2, 0.25) is 0 Å². The van der Waals surface area contributed by atoms with Crippen LogP contribution in [0.5, 0.6) is 0 Å². The van der Waals surface area contributed by atoms with Gasteiger partial charge in [-0.3, -0.25) is 0 Å². The molecule has 1 saturated heterocycles. The number of hydrogen-bond acceptors (Lipinski definition) is 3. The third-order valence-electron chi connectivity index (χ3n) is 3.35. The Bertz CT molecular complexity index is 516. The van der Waals surface area contributed by atoms with Crippen molar-refractivity contribution in [3.8, 4) is 0 Å². The average Bonchev–Trinajstić information content (AvgIpc) is 2.73. The van der Waals surface area contributed by atoms with E-state index in [9.17, 15) is 13.2 Å². The van der Waals surface area contributed by atoms with Crippen molar-refractivity contribution in [1.29, 1.82) is 0 Å². The first-order chi connectivity index (χ1) is 9.27. The first kappa shape index (κ1) is 15.1. The van der Waals surface area contributed by atoms with Crippen LogP contribution in [-0.2, 0) is 6.18 Å². The summed E-state index contributed by atoms with van der Waals surface area (Å²) in [7, 11) is 1.98. The van der Waals surface area contributed by atoms with E-state index in [1.165, 1.54) is 6.07 Å². The first-order valence-electron chi connectivity index (χ1n) is 6.23. The molecule has 3 nitrogen and oxygen atoms in total. The molecule has 0 radical (unpaired) electrons. The molecule has 0 aromatic heterocycles. The maximum atomic E-state index is 13.0. The molecule has 0 bridgehead atoms. The Kier molecular flexibility index (Phi) is 4.19. The van der Waals surface area contributed by atoms with Crippen LogP contribution in [0.25, 0.3) is 0 Å². The van der Waals surface area contributed by atoms with E-state index in [0.717, 1.165) is 25.6 Å². The number of benzene rings is 1. The Morgan fingerprint density at radius 2 is 2.15 bits per heavy atom. The molecule has 1 aromatic rings. The van der Waals surface area contributed by atoms with Gasteiger partial charge in [0.1, 0.15) is 4.99 Å². The van der Waals surface area contributed by atoms with E-state index in [1.54, 1.807) is 6.07 Å². The normalized spacial score (nSPS) is 20.1. The highest BCUT2D eigenvalue weighted by Gasteiger charge is 2.34. The monoisotopic (exact) mass is 303 g/mol. The second-order valence-electron chi connectivity index (χ2n) is 5.01. The lowest BCUT2D eigenvalue weighted by molar-refractivity contribution is -0.137. The van der Waals surface area contributed by atoms with Gasteiger partial charge in [-0.25, -0.2) is 0 Å². The van der Waals surface area contributed by atoms with Crippen LogP contribution >= 0.6 is 12.2 Å². The molecule has 0 amide bonds. The number of halogens is 3. The number of nitrogens with zero attached hydrogens (tertiary/aromatic N) is 1. The van der Waals surface area contributed by atoms with Crippen molar-refractivity contribution in [1.82, 2.24) is 4.90 Å². The fraction of sp³-hybridized carbons (Fsp3) is 0.462. The quantitative estimate of drug-likeness (QED) is 0.842. The Labute approximate surface area is 120 Å². The van der Waals surface area contributed by atoms with Gasteiger partial charge in [-0.1, -0.05) is 12.2 Å². The van der Waals surface area contributed by atoms with E-state index in [2.05, 4.69) is 22.4 Å². The van der Waals surface area contributed by atoms with Crippen molar-refractivity contribution in [3.63, 3.8) is 0 Å². The molecule has 1 aliphatic rings. The molecule has 1 aliphatic heterocycles. The molecule has 0 aliphatic carbocycles. The minimum Gasteiger partial charge on any atom is -0.389 e. The highest BCUT2D eigenvalue weighted by Crippen LogP contribution is 2.34. The number of alkyl halides is 3. The minimum atomic E-state index is -4.47. The van der Waals surface area contributed by atoms with E-state index in [-0.39, 0.29) is 16.6 Å². The number of nitrogens with two attached hydrogens (primary N) is 1. The fourth-order valence-electron chi connectivity index (χ4n) is 2.37. The molecule has 1 fully saturated rings. The second kappa shape index (κ2) is 5.57. The molecule has 1 unspecified atom stereocenters. The number of nitrogens with one attached hydrogen (secondary N) is 1. The average molecular weight is 303 g/mol. The van der Waals surface area contributed by atoms with Crippen molar-refractivity contribution in [2.24, 2.45) is 5.73 Å². The van der Waals surface area contributed by atoms with Crippen molar-refractivity contribution in [2.45, 2.75) is 18.6 Å². The summed E-state index contributed by atoms with van der Waals surface area (Å²) in [5, 5.41) is 3.12. The van der Waals surface area contributed by atoms with Crippen LogP contribution in [0.4, 0.5) is 18.9 Å². The molecule has 3 N–H and O–H groups in total. The van der Waals surface area contributed by atoms with Gasteiger partial charge >= 0.3 is 6.18 Å². The van der Waals surface area contributed by atoms with E-state index < -0.39 is 11.7 Å². The molecule has 1 heterocycles. The number of hydrogen-bond donors (Lipinski definition) is 2. The van der Waals surface area contributed by atoms with Crippen molar-refractivity contribution < 1.29 is 13.2 Å². The van der Waals surface area contributed by atoms with Crippen LogP contribution in [0.2, 0.25) is 0 Å². The first-order valence-corrected chi connectivity index (χ1v) is 6.64. The predicted octanol–water partition coefficient (Wildman–Crippen LogP) is 2.46. The zero-order valence-corrected chi connectivity index (χ0v) is 11.8. The van der Waals surface area contributed by atoms with Crippen LogP contribution in [0.3, 0.4) is 0 Å². The van der Waals surface area contributed by atoms with Crippen molar-refractivity contribution in [3.05, 3.63) is 29.3 Å². The van der Waals surface area contributed by atoms with Gasteiger partial charge in [0.15, 0.2) is 0 Å². The predicted molar refractivity (Wildman–Crippen MR) is 76.9 cm³/mol. The molecule has 110 valence electrons. The molecular weight excluding hydrogens is 287 g/mol. The zero-order chi connectivity index (χ0) is 14.9. The van der Waals surface area contributed by atoms with Gasteiger partial charge in [-0.05, 0) is 38.2 Å². The summed E-state index contributed by atoms with van der Waals surface area (Å²) >= 11 is 4.67. The summed E-state index contributed by atoms with van der Waals surface area (Å²) in [6, 6.07) is 4.15. The lowest BCUT2D eigenvalue weighted by atomic mass is 10.1. The lowest BCUT2D eigenvalue weighted by Gasteiger charge is -2.18. The van der Waals surface area contributed by atoms with Crippen LogP contribution in [-0.4, -0.2) is 36.1 Å². The van der Waals surface area contributed by atoms with E-state index in [0.29, 0.717) is 5.69 Å². The topological polar surface area (TPSA) is 41.3 Å². The standard InChI is InChI=1S/C13H16F3N3S/c1-19-5-4-9(7-19)18-8-2-3-10(12(17)20)11(6-8)13(14,15)16/h2-3,6,9,18H,4-5,7H2,1H3,(H2,17,20). The van der Waals surface area contributed by atoms with E-state index >= 15 is 0 Å². The maximum absolute atomic E-state index is 13.0. The molecule has 0 saturated carbocycles. The fourth-order valence-corrected chi connectivity index (χ4v) is 2.55. The highest BCUT2D eigenvalue weighted by atomic mass is 32.1. The van der Waals surface area contributed by atoms with Gasteiger partial charge in [-0.15, -0.1) is 0 Å². The molecular formula is C13H16F3N3S. The maximum Gasteiger partial charge on any atom is 0.417 e. The third kappa shape index (κ3) is 3.40. The Hall–Kier alpha value is -1.34. The summed E-state index contributed by atoms with van der Waals surface area (Å²) in [6.45, 7) is 1.76.